The SMILES string of the molecule is Cc1ccccc1S(=O)(=O)NC(CCO)C(C)(C)C. The summed E-state index contributed by atoms with van der Waals surface area (Å²) < 4.78 is 27.5. The van der Waals surface area contributed by atoms with E-state index in [-0.39, 0.29) is 18.1 Å². The monoisotopic (exact) mass is 285 g/mol. The number of sulfonamides is 1. The first-order valence-electron chi connectivity index (χ1n) is 6.37. The average molecular weight is 285 g/mol. The standard InChI is InChI=1S/C14H23NO3S/c1-11-7-5-6-8-12(11)19(17,18)15-13(9-10-16)14(2,3)4/h5-8,13,15-16H,9-10H2,1-4H3. The summed E-state index contributed by atoms with van der Waals surface area (Å²) in [6.07, 6.45) is 0.397. The number of aliphatic hydroxyl groups excluding tert-OH is 1. The molecule has 108 valence electrons. The van der Waals surface area contributed by atoms with Crippen LogP contribution in [0.3, 0.4) is 0 Å². The van der Waals surface area contributed by atoms with E-state index >= 15 is 0 Å². The Labute approximate surface area is 115 Å². The zero-order valence-electron chi connectivity index (χ0n) is 12.0. The Morgan fingerprint density at radius 3 is 2.32 bits per heavy atom. The fourth-order valence-corrected chi connectivity index (χ4v) is 3.63. The molecule has 4 nitrogen and oxygen atoms in total. The van der Waals surface area contributed by atoms with Gasteiger partial charge in [-0.3, -0.25) is 0 Å². The summed E-state index contributed by atoms with van der Waals surface area (Å²) in [5.74, 6) is 0. The molecule has 0 aliphatic carbocycles. The van der Waals surface area contributed by atoms with E-state index in [0.717, 1.165) is 0 Å². The van der Waals surface area contributed by atoms with Gasteiger partial charge >= 0.3 is 0 Å². The van der Waals surface area contributed by atoms with Crippen molar-refractivity contribution in [2.75, 3.05) is 6.61 Å². The van der Waals surface area contributed by atoms with Crippen molar-refractivity contribution in [3.05, 3.63) is 29.8 Å². The first-order valence-corrected chi connectivity index (χ1v) is 7.85. The van der Waals surface area contributed by atoms with Gasteiger partial charge in [-0.15, -0.1) is 0 Å². The molecule has 1 aromatic rings. The molecule has 0 saturated carbocycles. The van der Waals surface area contributed by atoms with Gasteiger partial charge in [0.1, 0.15) is 0 Å². The number of rotatable bonds is 5. The Balaban J connectivity index is 3.05. The van der Waals surface area contributed by atoms with Crippen molar-refractivity contribution in [2.45, 2.75) is 45.1 Å². The second kappa shape index (κ2) is 6.03. The second-order valence-electron chi connectivity index (χ2n) is 5.82. The zero-order valence-corrected chi connectivity index (χ0v) is 12.8. The molecule has 1 atom stereocenters. The summed E-state index contributed by atoms with van der Waals surface area (Å²) in [6, 6.07) is 6.58. The topological polar surface area (TPSA) is 66.4 Å². The molecular formula is C14H23NO3S. The largest absolute Gasteiger partial charge is 0.396 e. The highest BCUT2D eigenvalue weighted by Crippen LogP contribution is 2.24. The third-order valence-electron chi connectivity index (χ3n) is 3.14. The van der Waals surface area contributed by atoms with Crippen LogP contribution < -0.4 is 4.72 Å². The lowest BCUT2D eigenvalue weighted by molar-refractivity contribution is 0.214. The molecule has 0 aliphatic rings. The fourth-order valence-electron chi connectivity index (χ4n) is 1.91. The maximum atomic E-state index is 12.4. The molecule has 1 aromatic carbocycles. The molecule has 0 heterocycles. The van der Waals surface area contributed by atoms with Gasteiger partial charge in [-0.05, 0) is 30.4 Å². The molecule has 1 rings (SSSR count). The van der Waals surface area contributed by atoms with Crippen molar-refractivity contribution in [1.82, 2.24) is 4.72 Å². The molecule has 1 unspecified atom stereocenters. The minimum Gasteiger partial charge on any atom is -0.396 e. The van der Waals surface area contributed by atoms with Crippen molar-refractivity contribution in [2.24, 2.45) is 5.41 Å². The van der Waals surface area contributed by atoms with Gasteiger partial charge in [-0.2, -0.15) is 0 Å². The number of benzene rings is 1. The summed E-state index contributed by atoms with van der Waals surface area (Å²) in [6.45, 7) is 7.58. The molecule has 19 heavy (non-hydrogen) atoms. The Bertz CT molecular complexity index is 518. The first-order chi connectivity index (χ1) is 8.68. The van der Waals surface area contributed by atoms with Crippen LogP contribution in [0.1, 0.15) is 32.8 Å². The molecule has 5 heteroatoms. The number of hydrogen-bond donors (Lipinski definition) is 2. The first kappa shape index (κ1) is 16.1. The average Bonchev–Trinajstić information content (AvgIpc) is 2.27. The summed E-state index contributed by atoms with van der Waals surface area (Å²) in [7, 11) is -3.56. The number of hydrogen-bond acceptors (Lipinski definition) is 3. The molecular weight excluding hydrogens is 262 g/mol. The number of nitrogens with one attached hydrogen (secondary N) is 1. The minimum atomic E-state index is -3.56. The molecule has 0 fully saturated rings. The molecule has 2 N–H and O–H groups in total. The van der Waals surface area contributed by atoms with E-state index in [1.165, 1.54) is 0 Å². The van der Waals surface area contributed by atoms with Crippen LogP contribution >= 0.6 is 0 Å². The molecule has 0 aliphatic heterocycles. The van der Waals surface area contributed by atoms with Crippen LogP contribution in [0.5, 0.6) is 0 Å². The van der Waals surface area contributed by atoms with Crippen LogP contribution in [0.25, 0.3) is 0 Å². The lowest BCUT2D eigenvalue weighted by Gasteiger charge is -2.31. The van der Waals surface area contributed by atoms with E-state index in [4.69, 9.17) is 5.11 Å². The molecule has 0 spiro atoms. The van der Waals surface area contributed by atoms with Crippen LogP contribution in [0.2, 0.25) is 0 Å². The maximum Gasteiger partial charge on any atom is 0.241 e. The number of aryl methyl sites for hydroxylation is 1. The van der Waals surface area contributed by atoms with Gasteiger partial charge in [-0.25, -0.2) is 13.1 Å². The third-order valence-corrected chi connectivity index (χ3v) is 4.78. The Morgan fingerprint density at radius 1 is 1.26 bits per heavy atom. The quantitative estimate of drug-likeness (QED) is 0.870. The van der Waals surface area contributed by atoms with Crippen LogP contribution in [0.4, 0.5) is 0 Å². The van der Waals surface area contributed by atoms with Crippen LogP contribution in [-0.4, -0.2) is 26.2 Å². The summed E-state index contributed by atoms with van der Waals surface area (Å²) in [4.78, 5) is 0.294. The molecule has 0 aromatic heterocycles. The van der Waals surface area contributed by atoms with E-state index in [9.17, 15) is 8.42 Å². The van der Waals surface area contributed by atoms with Crippen LogP contribution in [-0.2, 0) is 10.0 Å². The molecule has 0 saturated heterocycles. The second-order valence-corrected chi connectivity index (χ2v) is 7.50. The lowest BCUT2D eigenvalue weighted by Crippen LogP contribution is -2.44. The Hall–Kier alpha value is -0.910. The molecule has 0 radical (unpaired) electrons. The van der Waals surface area contributed by atoms with Crippen LogP contribution in [0, 0.1) is 12.3 Å². The lowest BCUT2D eigenvalue weighted by atomic mass is 9.86. The van der Waals surface area contributed by atoms with Crippen LogP contribution in [0.15, 0.2) is 29.2 Å². The van der Waals surface area contributed by atoms with Gasteiger partial charge < -0.3 is 5.11 Å². The van der Waals surface area contributed by atoms with E-state index in [1.807, 2.05) is 26.8 Å². The normalized spacial score (nSPS) is 14.4. The van der Waals surface area contributed by atoms with E-state index < -0.39 is 10.0 Å². The Morgan fingerprint density at radius 2 is 1.84 bits per heavy atom. The highest BCUT2D eigenvalue weighted by Gasteiger charge is 2.29. The van der Waals surface area contributed by atoms with Gasteiger partial charge in [-0.1, -0.05) is 39.0 Å². The van der Waals surface area contributed by atoms with Gasteiger partial charge in [0.25, 0.3) is 0 Å². The van der Waals surface area contributed by atoms with Gasteiger partial charge in [0.2, 0.25) is 10.0 Å². The smallest absolute Gasteiger partial charge is 0.241 e. The van der Waals surface area contributed by atoms with Crippen molar-refractivity contribution < 1.29 is 13.5 Å². The van der Waals surface area contributed by atoms with Crippen molar-refractivity contribution in [1.29, 1.82) is 0 Å². The van der Waals surface area contributed by atoms with Gasteiger partial charge in [0.05, 0.1) is 4.90 Å². The van der Waals surface area contributed by atoms with E-state index in [2.05, 4.69) is 4.72 Å². The Kier molecular flexibility index (Phi) is 5.12. The minimum absolute atomic E-state index is 0.0434. The molecule has 0 bridgehead atoms. The predicted molar refractivity (Wildman–Crippen MR) is 76.4 cm³/mol. The van der Waals surface area contributed by atoms with E-state index in [0.29, 0.717) is 16.9 Å². The fraction of sp³-hybridized carbons (Fsp3) is 0.571. The number of aliphatic hydroxyl groups is 1. The summed E-state index contributed by atoms with van der Waals surface area (Å²) >= 11 is 0. The van der Waals surface area contributed by atoms with Crippen molar-refractivity contribution in [3.63, 3.8) is 0 Å². The highest BCUT2D eigenvalue weighted by molar-refractivity contribution is 7.89. The highest BCUT2D eigenvalue weighted by atomic mass is 32.2. The van der Waals surface area contributed by atoms with Crippen molar-refractivity contribution in [3.8, 4) is 0 Å². The summed E-state index contributed by atoms with van der Waals surface area (Å²) in [5, 5.41) is 9.09. The van der Waals surface area contributed by atoms with Gasteiger partial charge in [0, 0.05) is 12.6 Å². The zero-order chi connectivity index (χ0) is 14.7. The summed E-state index contributed by atoms with van der Waals surface area (Å²) in [5.41, 5.74) is 0.463. The van der Waals surface area contributed by atoms with Crippen molar-refractivity contribution >= 4 is 10.0 Å². The molecule has 0 amide bonds. The van der Waals surface area contributed by atoms with E-state index in [1.54, 1.807) is 25.1 Å². The third kappa shape index (κ3) is 4.30. The van der Waals surface area contributed by atoms with Gasteiger partial charge in [0.15, 0.2) is 0 Å². The maximum absolute atomic E-state index is 12.4. The predicted octanol–water partition coefficient (Wildman–Crippen LogP) is 2.07.